The fraction of sp³-hybridized carbons (Fsp3) is 0.333. The topological polar surface area (TPSA) is 51.8 Å². The molecule has 0 aliphatic heterocycles. The molecule has 94 valence electrons. The van der Waals surface area contributed by atoms with Gasteiger partial charge in [-0.2, -0.15) is 0 Å². The molecule has 18 heavy (non-hydrogen) atoms. The van der Waals surface area contributed by atoms with E-state index in [-0.39, 0.29) is 6.04 Å². The Bertz CT molecular complexity index is 465. The Hall–Kier alpha value is -1.74. The van der Waals surface area contributed by atoms with Crippen molar-refractivity contribution in [3.63, 3.8) is 0 Å². The van der Waals surface area contributed by atoms with Crippen LogP contribution in [0.15, 0.2) is 42.7 Å². The fourth-order valence-electron chi connectivity index (χ4n) is 1.89. The second-order valence-corrected chi connectivity index (χ2v) is 4.60. The van der Waals surface area contributed by atoms with Crippen LogP contribution in [0.3, 0.4) is 0 Å². The molecule has 3 heteroatoms. The number of hydrogen-bond acceptors (Lipinski definition) is 3. The molecule has 3 nitrogen and oxygen atoms in total. The Morgan fingerprint density at radius 2 is 1.78 bits per heavy atom. The smallest absolute Gasteiger partial charge is 0.144 e. The van der Waals surface area contributed by atoms with Crippen molar-refractivity contribution in [3.05, 3.63) is 59.7 Å². The summed E-state index contributed by atoms with van der Waals surface area (Å²) in [5, 5.41) is 0. The second kappa shape index (κ2) is 6.26. The van der Waals surface area contributed by atoms with Gasteiger partial charge in [0.1, 0.15) is 5.82 Å². The van der Waals surface area contributed by atoms with Gasteiger partial charge in [0.2, 0.25) is 0 Å². The number of aromatic nitrogens is 2. The first kappa shape index (κ1) is 12.7. The maximum atomic E-state index is 6.08. The summed E-state index contributed by atoms with van der Waals surface area (Å²) in [7, 11) is 0. The fourth-order valence-corrected chi connectivity index (χ4v) is 1.89. The van der Waals surface area contributed by atoms with Gasteiger partial charge in [0.05, 0.1) is 6.04 Å². The van der Waals surface area contributed by atoms with Crippen molar-refractivity contribution in [1.29, 1.82) is 0 Å². The second-order valence-electron chi connectivity index (χ2n) is 4.60. The Morgan fingerprint density at radius 3 is 2.44 bits per heavy atom. The summed E-state index contributed by atoms with van der Waals surface area (Å²) in [4.78, 5) is 8.54. The van der Waals surface area contributed by atoms with Crippen LogP contribution in [0.1, 0.15) is 35.8 Å². The molecule has 0 saturated heterocycles. The number of rotatable bonds is 5. The summed E-state index contributed by atoms with van der Waals surface area (Å²) in [6.07, 6.45) is 6.67. The lowest BCUT2D eigenvalue weighted by molar-refractivity contribution is 0.580. The number of hydrogen-bond donors (Lipinski definition) is 1. The van der Waals surface area contributed by atoms with Crippen LogP contribution in [0.25, 0.3) is 0 Å². The van der Waals surface area contributed by atoms with Gasteiger partial charge >= 0.3 is 0 Å². The molecule has 0 spiro atoms. The first-order valence-corrected chi connectivity index (χ1v) is 6.34. The van der Waals surface area contributed by atoms with Crippen molar-refractivity contribution in [2.75, 3.05) is 0 Å². The molecule has 0 radical (unpaired) electrons. The quantitative estimate of drug-likeness (QED) is 0.875. The van der Waals surface area contributed by atoms with Crippen LogP contribution >= 0.6 is 0 Å². The van der Waals surface area contributed by atoms with Gasteiger partial charge in [-0.3, -0.25) is 0 Å². The van der Waals surface area contributed by atoms with Gasteiger partial charge in [0.25, 0.3) is 0 Å². The molecule has 2 N–H and O–H groups in total. The van der Waals surface area contributed by atoms with Crippen molar-refractivity contribution < 1.29 is 0 Å². The molecular formula is C15H19N3. The Morgan fingerprint density at radius 1 is 1.11 bits per heavy atom. The third kappa shape index (κ3) is 3.64. The van der Waals surface area contributed by atoms with E-state index in [0.717, 1.165) is 30.7 Å². The maximum Gasteiger partial charge on any atom is 0.144 e. The molecule has 0 fully saturated rings. The molecule has 0 aliphatic carbocycles. The van der Waals surface area contributed by atoms with E-state index < -0.39 is 0 Å². The zero-order valence-electron chi connectivity index (χ0n) is 10.7. The van der Waals surface area contributed by atoms with Gasteiger partial charge in [0, 0.05) is 12.4 Å². The van der Waals surface area contributed by atoms with Gasteiger partial charge in [-0.25, -0.2) is 9.97 Å². The van der Waals surface area contributed by atoms with Crippen LogP contribution in [-0.4, -0.2) is 9.97 Å². The molecule has 0 bridgehead atoms. The number of benzene rings is 1. The van der Waals surface area contributed by atoms with Gasteiger partial charge in [-0.05, 0) is 37.3 Å². The van der Waals surface area contributed by atoms with E-state index >= 15 is 0 Å². The highest BCUT2D eigenvalue weighted by molar-refractivity contribution is 5.14. The van der Waals surface area contributed by atoms with Gasteiger partial charge in [-0.1, -0.05) is 30.3 Å². The molecule has 2 aromatic rings. The van der Waals surface area contributed by atoms with Crippen molar-refractivity contribution in [3.8, 4) is 0 Å². The van der Waals surface area contributed by atoms with Crippen LogP contribution in [0.2, 0.25) is 0 Å². The minimum Gasteiger partial charge on any atom is -0.321 e. The highest BCUT2D eigenvalue weighted by atomic mass is 14.9. The van der Waals surface area contributed by atoms with Gasteiger partial charge in [-0.15, -0.1) is 0 Å². The summed E-state index contributed by atoms with van der Waals surface area (Å²) in [5.41, 5.74) is 8.51. The third-order valence-corrected chi connectivity index (χ3v) is 2.96. The summed E-state index contributed by atoms with van der Waals surface area (Å²) in [5.74, 6) is 0.744. The van der Waals surface area contributed by atoms with Crippen LogP contribution in [-0.2, 0) is 6.42 Å². The Kier molecular flexibility index (Phi) is 4.42. The van der Waals surface area contributed by atoms with Gasteiger partial charge < -0.3 is 5.73 Å². The molecule has 0 saturated carbocycles. The van der Waals surface area contributed by atoms with Crippen LogP contribution < -0.4 is 5.73 Å². The molecule has 0 aliphatic rings. The van der Waals surface area contributed by atoms with E-state index in [1.54, 1.807) is 0 Å². The molecule has 2 rings (SSSR count). The van der Waals surface area contributed by atoms with E-state index in [1.807, 2.05) is 25.4 Å². The molecule has 1 atom stereocenters. The number of aryl methyl sites for hydroxylation is 2. The van der Waals surface area contributed by atoms with Gasteiger partial charge in [0.15, 0.2) is 0 Å². The van der Waals surface area contributed by atoms with E-state index in [4.69, 9.17) is 5.73 Å². The number of nitrogens with two attached hydrogens (primary N) is 1. The van der Waals surface area contributed by atoms with Crippen LogP contribution in [0.5, 0.6) is 0 Å². The summed E-state index contributed by atoms with van der Waals surface area (Å²) in [6.45, 7) is 1.98. The van der Waals surface area contributed by atoms with E-state index in [2.05, 4.69) is 34.2 Å². The Labute approximate surface area is 108 Å². The molecule has 1 unspecified atom stereocenters. The summed E-state index contributed by atoms with van der Waals surface area (Å²) >= 11 is 0. The first-order valence-electron chi connectivity index (χ1n) is 6.34. The summed E-state index contributed by atoms with van der Waals surface area (Å²) in [6, 6.07) is 10.4. The molecule has 0 amide bonds. The minimum absolute atomic E-state index is 0.0608. The average Bonchev–Trinajstić information content (AvgIpc) is 2.40. The Balaban J connectivity index is 1.81. The lowest BCUT2D eigenvalue weighted by Gasteiger charge is -2.10. The predicted molar refractivity (Wildman–Crippen MR) is 73.1 cm³/mol. The van der Waals surface area contributed by atoms with Crippen molar-refractivity contribution in [2.24, 2.45) is 5.73 Å². The standard InChI is InChI=1S/C15H19N3/c1-12-10-17-15(18-11-12)14(16)9-5-8-13-6-3-2-4-7-13/h2-4,6-7,10-11,14H,5,8-9,16H2,1H3. The van der Waals surface area contributed by atoms with E-state index in [0.29, 0.717) is 0 Å². The van der Waals surface area contributed by atoms with E-state index in [9.17, 15) is 0 Å². The predicted octanol–water partition coefficient (Wildman–Crippen LogP) is 2.81. The zero-order chi connectivity index (χ0) is 12.8. The maximum absolute atomic E-state index is 6.08. The lowest BCUT2D eigenvalue weighted by Crippen LogP contribution is -2.14. The average molecular weight is 241 g/mol. The zero-order valence-corrected chi connectivity index (χ0v) is 10.7. The first-order chi connectivity index (χ1) is 8.75. The molecular weight excluding hydrogens is 222 g/mol. The molecule has 1 aromatic carbocycles. The molecule has 1 aromatic heterocycles. The van der Waals surface area contributed by atoms with Crippen LogP contribution in [0, 0.1) is 6.92 Å². The molecule has 1 heterocycles. The van der Waals surface area contributed by atoms with Crippen LogP contribution in [0.4, 0.5) is 0 Å². The number of nitrogens with zero attached hydrogens (tertiary/aromatic N) is 2. The monoisotopic (exact) mass is 241 g/mol. The van der Waals surface area contributed by atoms with Crippen molar-refractivity contribution in [1.82, 2.24) is 9.97 Å². The summed E-state index contributed by atoms with van der Waals surface area (Å²) < 4.78 is 0. The normalized spacial score (nSPS) is 12.3. The minimum atomic E-state index is -0.0608. The SMILES string of the molecule is Cc1cnc(C(N)CCCc2ccccc2)nc1. The lowest BCUT2D eigenvalue weighted by atomic mass is 10.0. The third-order valence-electron chi connectivity index (χ3n) is 2.96. The van der Waals surface area contributed by atoms with Crippen molar-refractivity contribution in [2.45, 2.75) is 32.2 Å². The largest absolute Gasteiger partial charge is 0.321 e. The van der Waals surface area contributed by atoms with Crippen molar-refractivity contribution >= 4 is 0 Å². The van der Waals surface area contributed by atoms with E-state index in [1.165, 1.54) is 5.56 Å². The highest BCUT2D eigenvalue weighted by Gasteiger charge is 2.08. The highest BCUT2D eigenvalue weighted by Crippen LogP contribution is 2.13.